The lowest BCUT2D eigenvalue weighted by atomic mass is 9.77. The predicted molar refractivity (Wildman–Crippen MR) is 137 cm³/mol. The van der Waals surface area contributed by atoms with Gasteiger partial charge in [-0.25, -0.2) is 0 Å². The Morgan fingerprint density at radius 2 is 0.941 bits per heavy atom. The second-order valence-electron chi connectivity index (χ2n) is 10.4. The topological polar surface area (TPSA) is 74.6 Å². The van der Waals surface area contributed by atoms with Crippen molar-refractivity contribution in [2.24, 2.45) is 10.8 Å². The van der Waals surface area contributed by atoms with Gasteiger partial charge in [0.25, 0.3) is 0 Å². The third-order valence-corrected chi connectivity index (χ3v) is 6.70. The van der Waals surface area contributed by atoms with E-state index in [4.69, 9.17) is 0 Å². The molecule has 0 spiro atoms. The van der Waals surface area contributed by atoms with Crippen molar-refractivity contribution in [2.75, 3.05) is 0 Å². The van der Waals surface area contributed by atoms with Gasteiger partial charge in [-0.15, -0.1) is 0 Å². The van der Waals surface area contributed by atoms with Crippen molar-refractivity contribution in [1.29, 1.82) is 0 Å². The fraction of sp³-hybridized carbons (Fsp3) is 0.267. The van der Waals surface area contributed by atoms with Crippen LogP contribution in [0.25, 0.3) is 32.7 Å². The van der Waals surface area contributed by atoms with Crippen molar-refractivity contribution in [2.45, 2.75) is 40.5 Å². The molecule has 4 nitrogen and oxygen atoms in total. The van der Waals surface area contributed by atoms with Gasteiger partial charge in [-0.05, 0) is 84.3 Å². The minimum atomic E-state index is -0.956. The van der Waals surface area contributed by atoms with Crippen molar-refractivity contribution in [3.63, 3.8) is 0 Å². The molecule has 0 aromatic heterocycles. The highest BCUT2D eigenvalue weighted by Crippen LogP contribution is 2.42. The molecule has 0 aliphatic heterocycles. The lowest BCUT2D eigenvalue weighted by Gasteiger charge is -2.26. The van der Waals surface area contributed by atoms with Gasteiger partial charge < -0.3 is 10.2 Å². The zero-order chi connectivity index (χ0) is 24.7. The van der Waals surface area contributed by atoms with Gasteiger partial charge in [0.05, 0.1) is 10.8 Å². The zero-order valence-electron chi connectivity index (χ0n) is 20.1. The third-order valence-electron chi connectivity index (χ3n) is 6.70. The number of fused-ring (bicyclic) bond motifs is 2. The number of carboxylic acids is 2. The quantitative estimate of drug-likeness (QED) is 0.316. The van der Waals surface area contributed by atoms with Crippen LogP contribution in [0.3, 0.4) is 0 Å². The van der Waals surface area contributed by atoms with Gasteiger partial charge in [0.15, 0.2) is 0 Å². The van der Waals surface area contributed by atoms with E-state index in [1.807, 2.05) is 48.5 Å². The summed E-state index contributed by atoms with van der Waals surface area (Å²) in [6.45, 7) is 6.97. The molecule has 0 saturated carbocycles. The van der Waals surface area contributed by atoms with E-state index in [0.29, 0.717) is 12.8 Å². The highest BCUT2D eigenvalue weighted by atomic mass is 16.4. The van der Waals surface area contributed by atoms with Crippen LogP contribution in [0.2, 0.25) is 0 Å². The molecular weight excluding hydrogens is 424 g/mol. The molecule has 0 atom stereocenters. The normalized spacial score (nSPS) is 12.2. The van der Waals surface area contributed by atoms with Crippen LogP contribution in [-0.4, -0.2) is 22.2 Å². The molecule has 4 aromatic rings. The molecular formula is C30H30O4. The van der Waals surface area contributed by atoms with Crippen LogP contribution in [0.1, 0.15) is 38.8 Å². The van der Waals surface area contributed by atoms with E-state index >= 15 is 0 Å². The first-order chi connectivity index (χ1) is 16.0. The van der Waals surface area contributed by atoms with Crippen molar-refractivity contribution in [3.8, 4) is 11.1 Å². The molecule has 4 aromatic carbocycles. The number of carboxylic acid groups (broad SMARTS) is 2. The second-order valence-corrected chi connectivity index (χ2v) is 10.4. The summed E-state index contributed by atoms with van der Waals surface area (Å²) in [5.74, 6) is -1.70. The van der Waals surface area contributed by atoms with Gasteiger partial charge >= 0.3 is 11.9 Å². The molecule has 4 rings (SSSR count). The number of aliphatic carboxylic acids is 2. The van der Waals surface area contributed by atoms with Gasteiger partial charge in [0.1, 0.15) is 0 Å². The molecule has 0 radical (unpaired) electrons. The molecule has 0 fully saturated rings. The van der Waals surface area contributed by atoms with E-state index in [1.54, 1.807) is 27.7 Å². The molecule has 174 valence electrons. The highest BCUT2D eigenvalue weighted by Gasteiger charge is 2.32. The van der Waals surface area contributed by atoms with E-state index in [0.717, 1.165) is 43.8 Å². The van der Waals surface area contributed by atoms with Gasteiger partial charge in [0, 0.05) is 0 Å². The largest absolute Gasteiger partial charge is 0.481 e. The molecule has 0 bridgehead atoms. The maximum Gasteiger partial charge on any atom is 0.309 e. The second kappa shape index (κ2) is 8.60. The first-order valence-electron chi connectivity index (χ1n) is 11.5. The Hall–Kier alpha value is -3.66. The maximum atomic E-state index is 12.0. The van der Waals surface area contributed by atoms with Gasteiger partial charge in [0.2, 0.25) is 0 Å². The summed E-state index contributed by atoms with van der Waals surface area (Å²) in [7, 11) is 0. The number of hydrogen-bond donors (Lipinski definition) is 2. The fourth-order valence-electron chi connectivity index (χ4n) is 4.62. The fourth-order valence-corrected chi connectivity index (χ4v) is 4.62. The highest BCUT2D eigenvalue weighted by molar-refractivity contribution is 6.08. The van der Waals surface area contributed by atoms with E-state index in [1.165, 1.54) is 0 Å². The molecule has 34 heavy (non-hydrogen) atoms. The average molecular weight is 455 g/mol. The Morgan fingerprint density at radius 1 is 0.588 bits per heavy atom. The van der Waals surface area contributed by atoms with Crippen LogP contribution >= 0.6 is 0 Å². The maximum absolute atomic E-state index is 12.0. The molecule has 0 saturated heterocycles. The Kier molecular flexibility index (Phi) is 5.94. The Bertz CT molecular complexity index is 1300. The minimum Gasteiger partial charge on any atom is -0.481 e. The molecule has 2 N–H and O–H groups in total. The molecule has 0 aliphatic carbocycles. The molecule has 0 aliphatic rings. The predicted octanol–water partition coefficient (Wildman–Crippen LogP) is 6.97. The summed E-state index contributed by atoms with van der Waals surface area (Å²) >= 11 is 0. The Labute approximate surface area is 199 Å². The molecule has 4 heteroatoms. The minimum absolute atomic E-state index is 0.355. The van der Waals surface area contributed by atoms with E-state index < -0.39 is 22.8 Å². The number of rotatable bonds is 7. The molecule has 0 amide bonds. The van der Waals surface area contributed by atoms with Gasteiger partial charge in [-0.3, -0.25) is 9.59 Å². The lowest BCUT2D eigenvalue weighted by Crippen LogP contribution is -2.27. The Morgan fingerprint density at radius 3 is 1.29 bits per heavy atom. The van der Waals surface area contributed by atoms with E-state index in [-0.39, 0.29) is 0 Å². The first kappa shape index (κ1) is 23.5. The monoisotopic (exact) mass is 454 g/mol. The summed E-state index contributed by atoms with van der Waals surface area (Å²) in [6, 6.07) is 24.3. The number of hydrogen-bond acceptors (Lipinski definition) is 2. The smallest absolute Gasteiger partial charge is 0.309 e. The van der Waals surface area contributed by atoms with Gasteiger partial charge in [-0.2, -0.15) is 0 Å². The summed E-state index contributed by atoms with van der Waals surface area (Å²) in [5.41, 5.74) is 1.94. The zero-order valence-corrected chi connectivity index (χ0v) is 20.1. The van der Waals surface area contributed by atoms with Crippen LogP contribution < -0.4 is 0 Å². The summed E-state index contributed by atoms with van der Waals surface area (Å²) in [4.78, 5) is 24.0. The third kappa shape index (κ3) is 4.28. The first-order valence-corrected chi connectivity index (χ1v) is 11.5. The number of benzene rings is 4. The van der Waals surface area contributed by atoms with E-state index in [2.05, 4.69) is 24.3 Å². The van der Waals surface area contributed by atoms with Crippen LogP contribution in [-0.2, 0) is 22.4 Å². The summed E-state index contributed by atoms with van der Waals surface area (Å²) < 4.78 is 0. The van der Waals surface area contributed by atoms with Crippen molar-refractivity contribution in [3.05, 3.63) is 83.9 Å². The lowest BCUT2D eigenvalue weighted by molar-refractivity contribution is -0.147. The number of carbonyl (C=O) groups is 2. The van der Waals surface area contributed by atoms with Crippen LogP contribution in [0.5, 0.6) is 0 Å². The van der Waals surface area contributed by atoms with Crippen molar-refractivity contribution < 1.29 is 19.8 Å². The molecule has 0 unspecified atom stereocenters. The van der Waals surface area contributed by atoms with Gasteiger partial charge in [-0.1, -0.05) is 72.8 Å². The van der Waals surface area contributed by atoms with E-state index in [9.17, 15) is 19.8 Å². The van der Waals surface area contributed by atoms with Crippen molar-refractivity contribution in [1.82, 2.24) is 0 Å². The SMILES string of the molecule is CC(C)(Cc1ccc2ccccc2c1-c1c(CC(C)(C)C(=O)O)ccc2ccccc12)C(=O)O. The Balaban J connectivity index is 2.11. The van der Waals surface area contributed by atoms with Crippen LogP contribution in [0.15, 0.2) is 72.8 Å². The average Bonchev–Trinajstić information content (AvgIpc) is 2.79. The van der Waals surface area contributed by atoms with Crippen LogP contribution in [0.4, 0.5) is 0 Å². The standard InChI is InChI=1S/C30H30O4/c1-29(2,27(31)32)17-21-15-13-19-9-5-7-11-23(19)25(21)26-22(18-30(3,4)28(33)34)16-14-20-10-6-8-12-24(20)26/h5-16H,17-18H2,1-4H3,(H,31,32)(H,33,34). The molecule has 0 heterocycles. The van der Waals surface area contributed by atoms with Crippen molar-refractivity contribution >= 4 is 33.5 Å². The summed E-state index contributed by atoms with van der Waals surface area (Å²) in [6.07, 6.45) is 0.709. The van der Waals surface area contributed by atoms with Crippen LogP contribution in [0, 0.1) is 10.8 Å². The summed E-state index contributed by atoms with van der Waals surface area (Å²) in [5, 5.41) is 23.9.